The highest BCUT2D eigenvalue weighted by molar-refractivity contribution is 6.45. The number of hydrogen-bond acceptors (Lipinski definition) is 6. The molecule has 0 spiro atoms. The lowest BCUT2D eigenvalue weighted by Crippen LogP contribution is -2.41. The van der Waals surface area contributed by atoms with Crippen molar-refractivity contribution >= 4 is 13.1 Å². The maximum atomic E-state index is 11.9. The molecule has 7 heteroatoms. The van der Waals surface area contributed by atoms with Crippen LogP contribution in [0.4, 0.5) is 0 Å². The van der Waals surface area contributed by atoms with Crippen molar-refractivity contribution < 1.29 is 23.6 Å². The van der Waals surface area contributed by atoms with E-state index in [2.05, 4.69) is 4.98 Å². The maximum Gasteiger partial charge on any atom is 0.462 e. The molecule has 0 saturated carbocycles. The summed E-state index contributed by atoms with van der Waals surface area (Å²) in [6.07, 6.45) is 0.616. The quantitative estimate of drug-likeness (QED) is 0.560. The van der Waals surface area contributed by atoms with Gasteiger partial charge in [0.2, 0.25) is 5.88 Å². The Bertz CT molecular complexity index is 736. The van der Waals surface area contributed by atoms with Gasteiger partial charge < -0.3 is 18.8 Å². The van der Waals surface area contributed by atoms with Crippen molar-refractivity contribution in [1.29, 1.82) is 0 Å². The van der Waals surface area contributed by atoms with Crippen LogP contribution in [0.25, 0.3) is 0 Å². The van der Waals surface area contributed by atoms with Gasteiger partial charge >= 0.3 is 13.1 Å². The molecule has 0 unspecified atom stereocenters. The molecule has 0 aliphatic carbocycles. The summed E-state index contributed by atoms with van der Waals surface area (Å²) in [6.45, 7) is 19.4. The standard InChI is InChI=1S/C21H34BNO5/c1-13-14(2)18(25-12-17(24)26-19(4,5)6)23-15(3)16(13)11-22-27-20(7,8)21(9,10)28-22/h11-12H2,1-10H3. The van der Waals surface area contributed by atoms with Crippen molar-refractivity contribution in [1.82, 2.24) is 4.98 Å². The predicted molar refractivity (Wildman–Crippen MR) is 110 cm³/mol. The van der Waals surface area contributed by atoms with Crippen LogP contribution in [0, 0.1) is 20.8 Å². The predicted octanol–water partition coefficient (Wildman–Crippen LogP) is 3.90. The normalized spacial score (nSPS) is 18.3. The number of carbonyl (C=O) groups is 1. The van der Waals surface area contributed by atoms with E-state index in [1.165, 1.54) is 0 Å². The fourth-order valence-corrected chi connectivity index (χ4v) is 3.12. The van der Waals surface area contributed by atoms with E-state index < -0.39 is 11.6 Å². The number of hydrogen-bond donors (Lipinski definition) is 0. The second kappa shape index (κ2) is 7.67. The number of aromatic nitrogens is 1. The van der Waals surface area contributed by atoms with Crippen LogP contribution in [-0.4, -0.2) is 41.5 Å². The Morgan fingerprint density at radius 1 is 1.04 bits per heavy atom. The number of aryl methyl sites for hydroxylation is 1. The molecule has 1 fully saturated rings. The van der Waals surface area contributed by atoms with Crippen molar-refractivity contribution in [2.75, 3.05) is 6.61 Å². The van der Waals surface area contributed by atoms with Crippen molar-refractivity contribution in [2.24, 2.45) is 0 Å². The van der Waals surface area contributed by atoms with E-state index >= 15 is 0 Å². The summed E-state index contributed by atoms with van der Waals surface area (Å²) in [6, 6.07) is 0. The SMILES string of the molecule is Cc1nc(OCC(=O)OC(C)(C)C)c(C)c(C)c1CB1OC(C)(C)C(C)(C)O1. The molecule has 1 aromatic rings. The van der Waals surface area contributed by atoms with Gasteiger partial charge in [0.25, 0.3) is 0 Å². The highest BCUT2D eigenvalue weighted by Crippen LogP contribution is 2.38. The first-order valence-electron chi connectivity index (χ1n) is 9.80. The minimum atomic E-state index is -0.540. The maximum absolute atomic E-state index is 11.9. The van der Waals surface area contributed by atoms with E-state index in [0.29, 0.717) is 12.2 Å². The van der Waals surface area contributed by atoms with Crippen molar-refractivity contribution in [3.05, 3.63) is 22.4 Å². The third kappa shape index (κ3) is 5.06. The van der Waals surface area contributed by atoms with Gasteiger partial charge in [-0.3, -0.25) is 0 Å². The average molecular weight is 391 g/mol. The molecule has 0 amide bonds. The minimum absolute atomic E-state index is 0.166. The third-order valence-corrected chi connectivity index (χ3v) is 5.46. The summed E-state index contributed by atoms with van der Waals surface area (Å²) in [5.41, 5.74) is 2.64. The largest absolute Gasteiger partial charge is 0.465 e. The van der Waals surface area contributed by atoms with Crippen LogP contribution in [0.3, 0.4) is 0 Å². The molecule has 1 aromatic heterocycles. The molecule has 156 valence electrons. The zero-order valence-corrected chi connectivity index (χ0v) is 19.0. The number of nitrogens with zero attached hydrogens (tertiary/aromatic N) is 1. The minimum Gasteiger partial charge on any atom is -0.465 e. The molecule has 0 N–H and O–H groups in total. The Morgan fingerprint density at radius 2 is 1.57 bits per heavy atom. The van der Waals surface area contributed by atoms with E-state index in [-0.39, 0.29) is 24.9 Å². The number of esters is 1. The number of carbonyl (C=O) groups excluding carboxylic acids is 1. The summed E-state index contributed by atoms with van der Waals surface area (Å²) in [5, 5.41) is 0. The summed E-state index contributed by atoms with van der Waals surface area (Å²) >= 11 is 0. The van der Waals surface area contributed by atoms with Gasteiger partial charge in [-0.05, 0) is 80.4 Å². The Balaban J connectivity index is 2.13. The molecule has 2 rings (SSSR count). The van der Waals surface area contributed by atoms with E-state index in [9.17, 15) is 4.79 Å². The van der Waals surface area contributed by atoms with Crippen LogP contribution in [0.5, 0.6) is 5.88 Å². The van der Waals surface area contributed by atoms with E-state index in [0.717, 1.165) is 22.4 Å². The fraction of sp³-hybridized carbons (Fsp3) is 0.714. The van der Waals surface area contributed by atoms with Crippen molar-refractivity contribution in [3.63, 3.8) is 0 Å². The summed E-state index contributed by atoms with van der Waals surface area (Å²) < 4.78 is 23.2. The molecule has 6 nitrogen and oxygen atoms in total. The Morgan fingerprint density at radius 3 is 2.07 bits per heavy atom. The molecule has 1 aliphatic rings. The number of pyridine rings is 1. The number of rotatable bonds is 5. The molecule has 0 atom stereocenters. The molecule has 0 radical (unpaired) electrons. The van der Waals surface area contributed by atoms with Crippen LogP contribution in [-0.2, 0) is 25.2 Å². The van der Waals surface area contributed by atoms with Crippen LogP contribution in [0.15, 0.2) is 0 Å². The Kier molecular flexibility index (Phi) is 6.22. The van der Waals surface area contributed by atoms with Crippen molar-refractivity contribution in [2.45, 2.75) is 92.4 Å². The van der Waals surface area contributed by atoms with Crippen molar-refractivity contribution in [3.8, 4) is 5.88 Å². The Hall–Kier alpha value is -1.60. The van der Waals surface area contributed by atoms with Gasteiger partial charge in [0.1, 0.15) is 5.60 Å². The van der Waals surface area contributed by atoms with E-state index in [1.54, 1.807) is 0 Å². The van der Waals surface area contributed by atoms with E-state index in [1.807, 2.05) is 69.2 Å². The summed E-state index contributed by atoms with van der Waals surface area (Å²) in [7, 11) is -0.322. The molecular formula is C21H34BNO5. The average Bonchev–Trinajstić information content (AvgIpc) is 2.71. The monoisotopic (exact) mass is 391 g/mol. The summed E-state index contributed by atoms with van der Waals surface area (Å²) in [5.74, 6) is 0.0452. The molecule has 28 heavy (non-hydrogen) atoms. The molecule has 1 saturated heterocycles. The second-order valence-corrected chi connectivity index (χ2v) is 9.50. The first-order chi connectivity index (χ1) is 12.6. The van der Waals surface area contributed by atoms with Crippen LogP contribution < -0.4 is 4.74 Å². The zero-order chi connectivity index (χ0) is 21.5. The molecule has 0 aromatic carbocycles. The topological polar surface area (TPSA) is 66.9 Å². The van der Waals surface area contributed by atoms with Gasteiger partial charge in [-0.2, -0.15) is 0 Å². The first-order valence-corrected chi connectivity index (χ1v) is 9.80. The van der Waals surface area contributed by atoms with Crippen LogP contribution in [0.2, 0.25) is 0 Å². The molecule has 1 aliphatic heterocycles. The molecular weight excluding hydrogens is 357 g/mol. The van der Waals surface area contributed by atoms with Gasteiger partial charge in [0.15, 0.2) is 6.61 Å². The third-order valence-electron chi connectivity index (χ3n) is 5.46. The lowest BCUT2D eigenvalue weighted by Gasteiger charge is -2.32. The second-order valence-electron chi connectivity index (χ2n) is 9.50. The summed E-state index contributed by atoms with van der Waals surface area (Å²) in [4.78, 5) is 16.5. The lowest BCUT2D eigenvalue weighted by molar-refractivity contribution is -0.157. The smallest absolute Gasteiger partial charge is 0.462 e. The van der Waals surface area contributed by atoms with Crippen LogP contribution >= 0.6 is 0 Å². The highest BCUT2D eigenvalue weighted by atomic mass is 16.7. The van der Waals surface area contributed by atoms with Crippen LogP contribution in [0.1, 0.15) is 70.9 Å². The van der Waals surface area contributed by atoms with Gasteiger partial charge in [0, 0.05) is 17.6 Å². The molecule has 0 bridgehead atoms. The van der Waals surface area contributed by atoms with Gasteiger partial charge in [-0.1, -0.05) is 0 Å². The van der Waals surface area contributed by atoms with E-state index in [4.69, 9.17) is 18.8 Å². The Labute approximate surface area is 169 Å². The van der Waals surface area contributed by atoms with Gasteiger partial charge in [-0.15, -0.1) is 0 Å². The molecule has 2 heterocycles. The fourth-order valence-electron chi connectivity index (χ4n) is 3.12. The first kappa shape index (κ1) is 22.7. The highest BCUT2D eigenvalue weighted by Gasteiger charge is 2.51. The number of ether oxygens (including phenoxy) is 2. The zero-order valence-electron chi connectivity index (χ0n) is 19.0. The van der Waals surface area contributed by atoms with Gasteiger partial charge in [-0.25, -0.2) is 9.78 Å². The lowest BCUT2D eigenvalue weighted by atomic mass is 9.78. The van der Waals surface area contributed by atoms with Gasteiger partial charge in [0.05, 0.1) is 11.2 Å².